The van der Waals surface area contributed by atoms with Crippen LogP contribution >= 0.6 is 0 Å². The van der Waals surface area contributed by atoms with Crippen molar-refractivity contribution < 1.29 is 22.4 Å². The van der Waals surface area contributed by atoms with E-state index in [9.17, 15) is 13.2 Å². The van der Waals surface area contributed by atoms with Crippen molar-refractivity contribution in [3.63, 3.8) is 0 Å². The van der Waals surface area contributed by atoms with Crippen LogP contribution in [-0.4, -0.2) is 33.2 Å². The SMILES string of the molecule is CCS(=O)(=O)c1ccccc1C(=O)NCCCOCc1ccco1. The van der Waals surface area contributed by atoms with Crippen molar-refractivity contribution in [2.45, 2.75) is 24.8 Å². The number of nitrogens with one attached hydrogen (secondary N) is 1. The molecule has 2 rings (SSSR count). The lowest BCUT2D eigenvalue weighted by Crippen LogP contribution is -2.27. The quantitative estimate of drug-likeness (QED) is 0.701. The van der Waals surface area contributed by atoms with Crippen molar-refractivity contribution in [2.75, 3.05) is 18.9 Å². The number of rotatable bonds is 9. The minimum atomic E-state index is -3.43. The molecule has 0 fully saturated rings. The van der Waals surface area contributed by atoms with Crippen LogP contribution in [0, 0.1) is 0 Å². The Morgan fingerprint density at radius 3 is 2.71 bits per heavy atom. The van der Waals surface area contributed by atoms with E-state index in [0.29, 0.717) is 26.2 Å². The molecule has 0 saturated heterocycles. The van der Waals surface area contributed by atoms with Gasteiger partial charge in [-0.05, 0) is 30.7 Å². The molecular formula is C17H21NO5S. The molecule has 2 aromatic rings. The third kappa shape index (κ3) is 4.94. The summed E-state index contributed by atoms with van der Waals surface area (Å²) >= 11 is 0. The normalized spacial score (nSPS) is 11.4. The summed E-state index contributed by atoms with van der Waals surface area (Å²) in [5.41, 5.74) is 0.177. The number of sulfone groups is 1. The number of furan rings is 1. The second-order valence-electron chi connectivity index (χ2n) is 5.14. The predicted molar refractivity (Wildman–Crippen MR) is 89.5 cm³/mol. The molecule has 0 aliphatic rings. The Balaban J connectivity index is 1.81. The number of carbonyl (C=O) groups excluding carboxylic acids is 1. The van der Waals surface area contributed by atoms with E-state index in [4.69, 9.17) is 9.15 Å². The van der Waals surface area contributed by atoms with E-state index in [1.165, 1.54) is 12.1 Å². The first-order chi connectivity index (χ1) is 11.5. The van der Waals surface area contributed by atoms with Crippen LogP contribution in [0.25, 0.3) is 0 Å². The molecule has 7 heteroatoms. The minimum Gasteiger partial charge on any atom is -0.467 e. The van der Waals surface area contributed by atoms with Gasteiger partial charge in [-0.25, -0.2) is 8.42 Å². The lowest BCUT2D eigenvalue weighted by Gasteiger charge is -2.10. The average molecular weight is 351 g/mol. The number of hydrogen-bond donors (Lipinski definition) is 1. The van der Waals surface area contributed by atoms with E-state index < -0.39 is 15.7 Å². The first kappa shape index (κ1) is 18.2. The molecule has 24 heavy (non-hydrogen) atoms. The van der Waals surface area contributed by atoms with Crippen molar-refractivity contribution in [1.29, 1.82) is 0 Å². The summed E-state index contributed by atoms with van der Waals surface area (Å²) in [6.45, 7) is 2.81. The third-order valence-electron chi connectivity index (χ3n) is 3.42. The Kier molecular flexibility index (Phi) is 6.57. The Morgan fingerprint density at radius 2 is 2.00 bits per heavy atom. The van der Waals surface area contributed by atoms with E-state index in [-0.39, 0.29) is 16.2 Å². The minimum absolute atomic E-state index is 0.0437. The third-order valence-corrected chi connectivity index (χ3v) is 5.21. The zero-order valence-corrected chi connectivity index (χ0v) is 14.3. The van der Waals surface area contributed by atoms with Crippen molar-refractivity contribution >= 4 is 15.7 Å². The van der Waals surface area contributed by atoms with Crippen LogP contribution in [0.4, 0.5) is 0 Å². The van der Waals surface area contributed by atoms with Crippen molar-refractivity contribution in [1.82, 2.24) is 5.32 Å². The summed E-state index contributed by atoms with van der Waals surface area (Å²) < 4.78 is 34.7. The number of carbonyl (C=O) groups is 1. The van der Waals surface area contributed by atoms with Gasteiger partial charge in [-0.2, -0.15) is 0 Å². The number of ether oxygens (including phenoxy) is 1. The standard InChI is InChI=1S/C17H21NO5S/c1-2-24(20,21)16-9-4-3-8-15(16)17(19)18-10-6-11-22-13-14-7-5-12-23-14/h3-5,7-9,12H,2,6,10-11,13H2,1H3,(H,18,19). The number of hydrogen-bond acceptors (Lipinski definition) is 5. The highest BCUT2D eigenvalue weighted by atomic mass is 32.2. The van der Waals surface area contributed by atoms with Gasteiger partial charge in [0.25, 0.3) is 5.91 Å². The lowest BCUT2D eigenvalue weighted by atomic mass is 10.2. The molecule has 0 saturated carbocycles. The molecule has 0 aliphatic heterocycles. The van der Waals surface area contributed by atoms with E-state index in [1.807, 2.05) is 6.07 Å². The fraction of sp³-hybridized carbons (Fsp3) is 0.353. The highest BCUT2D eigenvalue weighted by Gasteiger charge is 2.20. The Morgan fingerprint density at radius 1 is 1.21 bits per heavy atom. The van der Waals surface area contributed by atoms with Gasteiger partial charge in [0.15, 0.2) is 9.84 Å². The molecular weight excluding hydrogens is 330 g/mol. The van der Waals surface area contributed by atoms with E-state index in [2.05, 4.69) is 5.32 Å². The van der Waals surface area contributed by atoms with Crippen molar-refractivity contribution in [3.8, 4) is 0 Å². The molecule has 130 valence electrons. The van der Waals surface area contributed by atoms with Crippen LogP contribution in [0.15, 0.2) is 52.0 Å². The van der Waals surface area contributed by atoms with Crippen LogP contribution in [-0.2, 0) is 21.2 Å². The fourth-order valence-electron chi connectivity index (χ4n) is 2.12. The predicted octanol–water partition coefficient (Wildman–Crippen LogP) is 2.41. The van der Waals surface area contributed by atoms with Gasteiger partial charge < -0.3 is 14.5 Å². The highest BCUT2D eigenvalue weighted by Crippen LogP contribution is 2.16. The molecule has 0 bridgehead atoms. The van der Waals surface area contributed by atoms with E-state index in [1.54, 1.807) is 31.4 Å². The first-order valence-corrected chi connectivity index (χ1v) is 9.40. The van der Waals surface area contributed by atoms with Crippen molar-refractivity contribution in [2.24, 2.45) is 0 Å². The largest absolute Gasteiger partial charge is 0.467 e. The smallest absolute Gasteiger partial charge is 0.252 e. The topological polar surface area (TPSA) is 85.6 Å². The zero-order valence-electron chi connectivity index (χ0n) is 13.5. The van der Waals surface area contributed by atoms with Gasteiger partial charge in [-0.15, -0.1) is 0 Å². The van der Waals surface area contributed by atoms with Crippen molar-refractivity contribution in [3.05, 3.63) is 54.0 Å². The molecule has 1 N–H and O–H groups in total. The molecule has 0 radical (unpaired) electrons. The molecule has 0 spiro atoms. The second-order valence-corrected chi connectivity index (χ2v) is 7.39. The van der Waals surface area contributed by atoms with Gasteiger partial charge in [0.05, 0.1) is 22.5 Å². The van der Waals surface area contributed by atoms with E-state index >= 15 is 0 Å². The maximum absolute atomic E-state index is 12.2. The van der Waals surface area contributed by atoms with Gasteiger partial charge in [0.1, 0.15) is 12.4 Å². The Hall–Kier alpha value is -2.12. The van der Waals surface area contributed by atoms with Crippen LogP contribution < -0.4 is 5.32 Å². The van der Waals surface area contributed by atoms with E-state index in [0.717, 1.165) is 5.76 Å². The lowest BCUT2D eigenvalue weighted by molar-refractivity contribution is 0.0914. The van der Waals surface area contributed by atoms with Gasteiger partial charge in [-0.1, -0.05) is 19.1 Å². The van der Waals surface area contributed by atoms with Crippen LogP contribution in [0.5, 0.6) is 0 Å². The molecule has 1 heterocycles. The van der Waals surface area contributed by atoms with Gasteiger partial charge in [0.2, 0.25) is 0 Å². The van der Waals surface area contributed by atoms with Gasteiger partial charge in [0, 0.05) is 13.2 Å². The van der Waals surface area contributed by atoms with Gasteiger partial charge in [-0.3, -0.25) is 4.79 Å². The number of benzene rings is 1. The summed E-state index contributed by atoms with van der Waals surface area (Å²) in [6.07, 6.45) is 2.20. The summed E-state index contributed by atoms with van der Waals surface area (Å²) in [5.74, 6) is 0.309. The summed E-state index contributed by atoms with van der Waals surface area (Å²) in [4.78, 5) is 12.3. The van der Waals surface area contributed by atoms with Crippen LogP contribution in [0.2, 0.25) is 0 Å². The molecule has 1 amide bonds. The van der Waals surface area contributed by atoms with Gasteiger partial charge >= 0.3 is 0 Å². The average Bonchev–Trinajstić information content (AvgIpc) is 3.11. The van der Waals surface area contributed by atoms with Crippen LogP contribution in [0.1, 0.15) is 29.5 Å². The molecule has 1 aromatic heterocycles. The maximum Gasteiger partial charge on any atom is 0.252 e. The maximum atomic E-state index is 12.2. The molecule has 0 unspecified atom stereocenters. The highest BCUT2D eigenvalue weighted by molar-refractivity contribution is 7.91. The summed E-state index contributed by atoms with van der Waals surface area (Å²) in [5, 5.41) is 2.72. The summed E-state index contributed by atoms with van der Waals surface area (Å²) in [6, 6.07) is 9.86. The monoisotopic (exact) mass is 351 g/mol. The summed E-state index contributed by atoms with van der Waals surface area (Å²) in [7, 11) is -3.43. The fourth-order valence-corrected chi connectivity index (χ4v) is 3.21. The second kappa shape index (κ2) is 8.65. The number of amides is 1. The molecule has 1 aromatic carbocycles. The van der Waals surface area contributed by atoms with Crippen LogP contribution in [0.3, 0.4) is 0 Å². The first-order valence-electron chi connectivity index (χ1n) is 7.74. The zero-order chi connectivity index (χ0) is 17.4. The molecule has 0 atom stereocenters. The molecule has 6 nitrogen and oxygen atoms in total. The Labute approximate surface area is 141 Å². The Bertz CT molecular complexity index is 753. The molecule has 0 aliphatic carbocycles.